The number of benzene rings is 1. The summed E-state index contributed by atoms with van der Waals surface area (Å²) in [4.78, 5) is 16.0. The minimum absolute atomic E-state index is 0.00569. The maximum atomic E-state index is 11.7. The lowest BCUT2D eigenvalue weighted by Crippen LogP contribution is -2.23. The van der Waals surface area contributed by atoms with Crippen LogP contribution in [0.15, 0.2) is 30.5 Å². The van der Waals surface area contributed by atoms with Crippen molar-refractivity contribution >= 4 is 22.5 Å². The van der Waals surface area contributed by atoms with Gasteiger partial charge in [0.2, 0.25) is 5.91 Å². The van der Waals surface area contributed by atoms with Gasteiger partial charge in [-0.1, -0.05) is 6.07 Å². The van der Waals surface area contributed by atoms with E-state index in [9.17, 15) is 4.79 Å². The number of hydrogen-bond donors (Lipinski definition) is 2. The number of aromatic nitrogens is 1. The Morgan fingerprint density at radius 3 is 3.06 bits per heavy atom. The number of hydrogen-bond acceptors (Lipinski definition) is 3. The zero-order valence-electron chi connectivity index (χ0n) is 8.82. The van der Waals surface area contributed by atoms with Gasteiger partial charge in [0, 0.05) is 17.1 Å². The average Bonchev–Trinajstić information content (AvgIpc) is 2.65. The van der Waals surface area contributed by atoms with Crippen LogP contribution in [-0.4, -0.2) is 17.9 Å². The number of amides is 1. The molecule has 0 radical (unpaired) electrons. The number of rotatable bonds is 1. The van der Waals surface area contributed by atoms with Gasteiger partial charge >= 0.3 is 0 Å². The van der Waals surface area contributed by atoms with Crippen LogP contribution in [0.1, 0.15) is 11.6 Å². The van der Waals surface area contributed by atoms with Gasteiger partial charge in [-0.2, -0.15) is 0 Å². The molecule has 0 spiro atoms. The molecule has 1 atom stereocenters. The molecule has 16 heavy (non-hydrogen) atoms. The number of carbonyl (C=O) groups is 1. The van der Waals surface area contributed by atoms with E-state index >= 15 is 0 Å². The molecule has 1 amide bonds. The Balaban J connectivity index is 2.30. The van der Waals surface area contributed by atoms with Gasteiger partial charge in [0.25, 0.3) is 0 Å². The molecule has 2 N–H and O–H groups in total. The van der Waals surface area contributed by atoms with Crippen molar-refractivity contribution in [1.82, 2.24) is 10.3 Å². The highest BCUT2D eigenvalue weighted by Gasteiger charge is 2.30. The Hall–Kier alpha value is -1.94. The molecule has 0 bridgehead atoms. The quantitative estimate of drug-likeness (QED) is 0.753. The van der Waals surface area contributed by atoms with E-state index in [0.29, 0.717) is 0 Å². The molecule has 4 heteroatoms. The molecule has 0 saturated carbocycles. The van der Waals surface area contributed by atoms with Crippen LogP contribution >= 0.6 is 0 Å². The summed E-state index contributed by atoms with van der Waals surface area (Å²) in [7, 11) is 1.78. The fourth-order valence-electron chi connectivity index (χ4n) is 2.17. The number of carbonyl (C=O) groups excluding carboxylic acids is 1. The molecule has 1 unspecified atom stereocenters. The zero-order valence-corrected chi connectivity index (χ0v) is 8.82. The van der Waals surface area contributed by atoms with E-state index in [1.807, 2.05) is 24.3 Å². The van der Waals surface area contributed by atoms with Crippen molar-refractivity contribution in [2.45, 2.75) is 6.04 Å². The van der Waals surface area contributed by atoms with Crippen LogP contribution in [0.2, 0.25) is 0 Å². The highest BCUT2D eigenvalue weighted by Crippen LogP contribution is 2.35. The molecule has 0 saturated heterocycles. The van der Waals surface area contributed by atoms with Gasteiger partial charge in [-0.3, -0.25) is 9.78 Å². The predicted octanol–water partition coefficient (Wildman–Crippen LogP) is 1.45. The molecule has 2 aromatic rings. The predicted molar refractivity (Wildman–Crippen MR) is 62.2 cm³/mol. The second-order valence-corrected chi connectivity index (χ2v) is 3.81. The fourth-order valence-corrected chi connectivity index (χ4v) is 2.17. The third-order valence-electron chi connectivity index (χ3n) is 2.93. The Labute approximate surface area is 92.7 Å². The Kier molecular flexibility index (Phi) is 1.91. The van der Waals surface area contributed by atoms with Gasteiger partial charge in [0.15, 0.2) is 0 Å². The zero-order chi connectivity index (χ0) is 11.1. The summed E-state index contributed by atoms with van der Waals surface area (Å²) in [6.45, 7) is 0. The first-order valence-electron chi connectivity index (χ1n) is 5.17. The highest BCUT2D eigenvalue weighted by atomic mass is 16.2. The summed E-state index contributed by atoms with van der Waals surface area (Å²) < 4.78 is 0. The number of likely N-dealkylation sites (N-methyl/N-ethyl adjacent to an activating group) is 1. The topological polar surface area (TPSA) is 54.0 Å². The summed E-state index contributed by atoms with van der Waals surface area (Å²) in [5.74, 6) is -0.00569. The second kappa shape index (κ2) is 3.28. The first kappa shape index (κ1) is 9.30. The first-order valence-corrected chi connectivity index (χ1v) is 5.17. The lowest BCUT2D eigenvalue weighted by atomic mass is 10.0. The average molecular weight is 213 g/mol. The standard InChI is InChI=1S/C12H11N3O/c1-13-11-8-4-5-9-7(3-2-6-14-9)10(8)15-12(11)16/h2-6,11,13H,1H3,(H,15,16). The van der Waals surface area contributed by atoms with Crippen LogP contribution in [0.3, 0.4) is 0 Å². The molecule has 0 fully saturated rings. The van der Waals surface area contributed by atoms with E-state index < -0.39 is 0 Å². The van der Waals surface area contributed by atoms with Crippen molar-refractivity contribution in [2.24, 2.45) is 0 Å². The summed E-state index contributed by atoms with van der Waals surface area (Å²) in [5.41, 5.74) is 2.78. The Morgan fingerprint density at radius 2 is 2.25 bits per heavy atom. The molecule has 0 aliphatic carbocycles. The van der Waals surface area contributed by atoms with Crippen molar-refractivity contribution in [3.63, 3.8) is 0 Å². The maximum absolute atomic E-state index is 11.7. The molecule has 4 nitrogen and oxygen atoms in total. The molecule has 1 aliphatic rings. The van der Waals surface area contributed by atoms with Crippen LogP contribution in [0.25, 0.3) is 10.9 Å². The lowest BCUT2D eigenvalue weighted by molar-refractivity contribution is -0.117. The molecule has 1 aromatic heterocycles. The van der Waals surface area contributed by atoms with Gasteiger partial charge < -0.3 is 10.6 Å². The van der Waals surface area contributed by atoms with Crippen LogP contribution in [0.5, 0.6) is 0 Å². The molecule has 2 heterocycles. The fraction of sp³-hybridized carbons (Fsp3) is 0.167. The normalized spacial score (nSPS) is 18.6. The van der Waals surface area contributed by atoms with Crippen LogP contribution in [-0.2, 0) is 4.79 Å². The van der Waals surface area contributed by atoms with Crippen molar-refractivity contribution < 1.29 is 4.79 Å². The number of anilines is 1. The minimum Gasteiger partial charge on any atom is -0.323 e. The van der Waals surface area contributed by atoms with E-state index in [1.54, 1.807) is 13.2 Å². The third kappa shape index (κ3) is 1.13. The number of nitrogens with zero attached hydrogens (tertiary/aromatic N) is 1. The first-order chi connectivity index (χ1) is 7.81. The minimum atomic E-state index is -0.250. The largest absolute Gasteiger partial charge is 0.323 e. The van der Waals surface area contributed by atoms with Crippen molar-refractivity contribution in [3.05, 3.63) is 36.0 Å². The van der Waals surface area contributed by atoms with E-state index in [0.717, 1.165) is 22.2 Å². The molecule has 3 rings (SSSR count). The molecule has 1 aliphatic heterocycles. The molecule has 1 aromatic carbocycles. The van der Waals surface area contributed by atoms with Gasteiger partial charge in [0.1, 0.15) is 6.04 Å². The number of nitrogens with one attached hydrogen (secondary N) is 2. The van der Waals surface area contributed by atoms with E-state index in [-0.39, 0.29) is 11.9 Å². The lowest BCUT2D eigenvalue weighted by Gasteiger charge is -2.07. The summed E-state index contributed by atoms with van der Waals surface area (Å²) in [6, 6.07) is 7.49. The van der Waals surface area contributed by atoms with Gasteiger partial charge in [-0.25, -0.2) is 0 Å². The summed E-state index contributed by atoms with van der Waals surface area (Å²) in [5, 5.41) is 6.89. The molecule has 80 valence electrons. The molecular formula is C12H11N3O. The second-order valence-electron chi connectivity index (χ2n) is 3.81. The van der Waals surface area contributed by atoms with Crippen LogP contribution < -0.4 is 10.6 Å². The van der Waals surface area contributed by atoms with E-state index in [4.69, 9.17) is 0 Å². The Morgan fingerprint density at radius 1 is 1.38 bits per heavy atom. The van der Waals surface area contributed by atoms with E-state index in [1.165, 1.54) is 0 Å². The van der Waals surface area contributed by atoms with Gasteiger partial charge in [0.05, 0.1) is 11.2 Å². The highest BCUT2D eigenvalue weighted by molar-refractivity contribution is 6.10. The maximum Gasteiger partial charge on any atom is 0.246 e. The van der Waals surface area contributed by atoms with Crippen molar-refractivity contribution in [1.29, 1.82) is 0 Å². The SMILES string of the molecule is CNC1C(=O)Nc2c1ccc1ncccc21. The molecular weight excluding hydrogens is 202 g/mol. The number of pyridine rings is 1. The summed E-state index contributed by atoms with van der Waals surface area (Å²) in [6.07, 6.45) is 1.75. The van der Waals surface area contributed by atoms with Crippen molar-refractivity contribution in [2.75, 3.05) is 12.4 Å². The Bertz CT molecular complexity index is 579. The van der Waals surface area contributed by atoms with E-state index in [2.05, 4.69) is 15.6 Å². The van der Waals surface area contributed by atoms with Gasteiger partial charge in [-0.15, -0.1) is 0 Å². The van der Waals surface area contributed by atoms with Crippen LogP contribution in [0.4, 0.5) is 5.69 Å². The van der Waals surface area contributed by atoms with Crippen molar-refractivity contribution in [3.8, 4) is 0 Å². The summed E-state index contributed by atoms with van der Waals surface area (Å²) >= 11 is 0. The number of fused-ring (bicyclic) bond motifs is 3. The smallest absolute Gasteiger partial charge is 0.246 e. The van der Waals surface area contributed by atoms with Crippen LogP contribution in [0, 0.1) is 0 Å². The van der Waals surface area contributed by atoms with Gasteiger partial charge in [-0.05, 0) is 25.2 Å². The third-order valence-corrected chi connectivity index (χ3v) is 2.93. The monoisotopic (exact) mass is 213 g/mol.